The van der Waals surface area contributed by atoms with Gasteiger partial charge in [0.05, 0.1) is 32.1 Å². The van der Waals surface area contributed by atoms with Crippen LogP contribution in [0.2, 0.25) is 5.02 Å². The van der Waals surface area contributed by atoms with Gasteiger partial charge >= 0.3 is 6.18 Å². The SMILES string of the molecule is O=C(NCCC[NH+]1CCOCC1)c1nn2c(c1Cl)N[C@@H](c1ccco1)C[C@H]2C(F)(F)F. The van der Waals surface area contributed by atoms with Gasteiger partial charge in [-0.05, 0) is 12.1 Å². The summed E-state index contributed by atoms with van der Waals surface area (Å²) in [5, 5.41) is 9.43. The quantitative estimate of drug-likeness (QED) is 0.570. The first-order valence-electron chi connectivity index (χ1n) is 10.2. The van der Waals surface area contributed by atoms with Crippen molar-refractivity contribution in [3.05, 3.63) is 34.9 Å². The van der Waals surface area contributed by atoms with Gasteiger partial charge in [-0.25, -0.2) is 4.68 Å². The molecule has 2 aromatic rings. The smallest absolute Gasteiger partial charge is 0.410 e. The van der Waals surface area contributed by atoms with Crippen molar-refractivity contribution in [3.8, 4) is 0 Å². The number of nitrogens with one attached hydrogen (secondary N) is 3. The largest absolute Gasteiger partial charge is 0.467 e. The molecule has 4 heterocycles. The van der Waals surface area contributed by atoms with E-state index in [2.05, 4.69) is 15.7 Å². The van der Waals surface area contributed by atoms with Gasteiger partial charge in [0.25, 0.3) is 5.91 Å². The van der Waals surface area contributed by atoms with Gasteiger partial charge in [-0.2, -0.15) is 18.3 Å². The number of fused-ring (bicyclic) bond motifs is 1. The number of aromatic nitrogens is 2. The maximum atomic E-state index is 13.7. The number of hydrogen-bond donors (Lipinski definition) is 3. The second kappa shape index (κ2) is 9.09. The van der Waals surface area contributed by atoms with Gasteiger partial charge in [-0.1, -0.05) is 11.6 Å². The van der Waals surface area contributed by atoms with Gasteiger partial charge in [-0.15, -0.1) is 0 Å². The van der Waals surface area contributed by atoms with Crippen molar-refractivity contribution in [2.45, 2.75) is 31.1 Å². The van der Waals surface area contributed by atoms with E-state index >= 15 is 0 Å². The fraction of sp³-hybridized carbons (Fsp3) is 0.579. The average molecular weight is 463 g/mol. The summed E-state index contributed by atoms with van der Waals surface area (Å²) in [4.78, 5) is 14.0. The zero-order valence-electron chi connectivity index (χ0n) is 16.7. The van der Waals surface area contributed by atoms with Crippen LogP contribution in [0.3, 0.4) is 0 Å². The number of morpholine rings is 1. The van der Waals surface area contributed by atoms with Crippen molar-refractivity contribution >= 4 is 23.3 Å². The molecule has 4 rings (SSSR count). The molecule has 0 radical (unpaired) electrons. The van der Waals surface area contributed by atoms with Gasteiger partial charge < -0.3 is 24.7 Å². The molecule has 1 fully saturated rings. The number of amides is 1. The van der Waals surface area contributed by atoms with E-state index in [1.54, 1.807) is 12.1 Å². The van der Waals surface area contributed by atoms with Gasteiger partial charge in [0.15, 0.2) is 11.7 Å². The van der Waals surface area contributed by atoms with Gasteiger partial charge in [0.2, 0.25) is 0 Å². The first-order chi connectivity index (χ1) is 14.8. The monoisotopic (exact) mass is 462 g/mol. The van der Waals surface area contributed by atoms with Crippen LogP contribution in [0.25, 0.3) is 0 Å². The number of carbonyl (C=O) groups is 1. The summed E-state index contributed by atoms with van der Waals surface area (Å²) in [5.41, 5.74) is -0.225. The number of alkyl halides is 3. The minimum atomic E-state index is -4.56. The topological polar surface area (TPSA) is 85.8 Å². The molecule has 31 heavy (non-hydrogen) atoms. The lowest BCUT2D eigenvalue weighted by Crippen LogP contribution is -3.14. The van der Waals surface area contributed by atoms with Crippen LogP contribution in [-0.4, -0.2) is 61.3 Å². The first kappa shape index (κ1) is 22.0. The Morgan fingerprint density at radius 2 is 2.16 bits per heavy atom. The van der Waals surface area contributed by atoms with Crippen LogP contribution in [-0.2, 0) is 4.74 Å². The summed E-state index contributed by atoms with van der Waals surface area (Å²) in [5.74, 6) is -0.282. The second-order valence-electron chi connectivity index (χ2n) is 7.68. The molecule has 2 aliphatic rings. The summed E-state index contributed by atoms with van der Waals surface area (Å²) >= 11 is 6.29. The molecule has 3 N–H and O–H groups in total. The van der Waals surface area contributed by atoms with Crippen LogP contribution >= 0.6 is 11.6 Å². The molecule has 0 aromatic carbocycles. The molecule has 12 heteroatoms. The van der Waals surface area contributed by atoms with Crippen LogP contribution in [0.15, 0.2) is 22.8 Å². The van der Waals surface area contributed by atoms with Crippen molar-refractivity contribution in [1.29, 1.82) is 0 Å². The van der Waals surface area contributed by atoms with E-state index < -0.39 is 24.2 Å². The van der Waals surface area contributed by atoms with Crippen molar-refractivity contribution < 1.29 is 32.0 Å². The van der Waals surface area contributed by atoms with E-state index in [1.807, 2.05) is 0 Å². The van der Waals surface area contributed by atoms with Crippen LogP contribution in [0.4, 0.5) is 19.0 Å². The average Bonchev–Trinajstić information content (AvgIpc) is 3.39. The minimum absolute atomic E-state index is 0.0421. The van der Waals surface area contributed by atoms with E-state index in [0.717, 1.165) is 44.0 Å². The van der Waals surface area contributed by atoms with Gasteiger partial charge in [-0.3, -0.25) is 4.79 Å². The fourth-order valence-corrected chi connectivity index (χ4v) is 4.21. The number of anilines is 1. The molecule has 0 bridgehead atoms. The number of ether oxygens (including phenoxy) is 1. The molecule has 0 saturated carbocycles. The molecular weight excluding hydrogens is 439 g/mol. The molecule has 2 aromatic heterocycles. The molecular formula is C19H24ClF3N5O3+. The Labute approximate surface area is 181 Å². The van der Waals surface area contributed by atoms with E-state index in [4.69, 9.17) is 20.8 Å². The van der Waals surface area contributed by atoms with E-state index in [1.165, 1.54) is 11.2 Å². The third-order valence-corrected chi connectivity index (χ3v) is 5.95. The minimum Gasteiger partial charge on any atom is -0.467 e. The molecule has 2 aliphatic heterocycles. The van der Waals surface area contributed by atoms with Crippen LogP contribution in [0.1, 0.15) is 41.2 Å². The molecule has 1 amide bonds. The highest BCUT2D eigenvalue weighted by Crippen LogP contribution is 2.46. The number of halogens is 4. The highest BCUT2D eigenvalue weighted by atomic mass is 35.5. The molecule has 8 nitrogen and oxygen atoms in total. The summed E-state index contributed by atoms with van der Waals surface area (Å²) in [7, 11) is 0. The van der Waals surface area contributed by atoms with Crippen LogP contribution in [0, 0.1) is 0 Å². The number of quaternary nitrogens is 1. The zero-order chi connectivity index (χ0) is 22.0. The summed E-state index contributed by atoms with van der Waals surface area (Å²) in [6.07, 6.45) is -2.77. The summed E-state index contributed by atoms with van der Waals surface area (Å²) < 4.78 is 52.5. The molecule has 0 spiro atoms. The molecule has 1 saturated heterocycles. The Bertz CT molecular complexity index is 896. The normalized spacial score (nSPS) is 22.1. The predicted molar refractivity (Wildman–Crippen MR) is 105 cm³/mol. The Hall–Kier alpha value is -2.24. The van der Waals surface area contributed by atoms with Crippen LogP contribution < -0.4 is 15.5 Å². The highest BCUT2D eigenvalue weighted by Gasteiger charge is 2.48. The van der Waals surface area contributed by atoms with E-state index in [-0.39, 0.29) is 23.0 Å². The van der Waals surface area contributed by atoms with E-state index in [0.29, 0.717) is 12.3 Å². The number of rotatable bonds is 6. The number of carbonyl (C=O) groups excluding carboxylic acids is 1. The Morgan fingerprint density at radius 3 is 2.84 bits per heavy atom. The van der Waals surface area contributed by atoms with E-state index in [9.17, 15) is 18.0 Å². The van der Waals surface area contributed by atoms with Crippen molar-refractivity contribution in [2.24, 2.45) is 0 Å². The lowest BCUT2D eigenvalue weighted by molar-refractivity contribution is -0.908. The van der Waals surface area contributed by atoms with Crippen molar-refractivity contribution in [3.63, 3.8) is 0 Å². The molecule has 0 aliphatic carbocycles. The number of hydrogen-bond acceptors (Lipinski definition) is 5. The van der Waals surface area contributed by atoms with Gasteiger partial charge in [0, 0.05) is 19.4 Å². The predicted octanol–water partition coefficient (Wildman–Crippen LogP) is 1.82. The van der Waals surface area contributed by atoms with Crippen molar-refractivity contribution in [1.82, 2.24) is 15.1 Å². The molecule has 170 valence electrons. The summed E-state index contributed by atoms with van der Waals surface area (Å²) in [6.45, 7) is 4.56. The third kappa shape index (κ3) is 4.83. The standard InChI is InChI=1S/C19H23ClF3N5O3/c20-15-16(18(29)24-4-2-5-27-6-9-30-10-7-27)26-28-14(19(21,22)23)11-12(25-17(15)28)13-3-1-8-31-13/h1,3,8,12,14,25H,2,4-7,9-11H2,(H,24,29)/p+1/t12-,14+/m1/s1. The maximum absolute atomic E-state index is 13.7. The summed E-state index contributed by atoms with van der Waals surface area (Å²) in [6, 6.07) is 0.526. The Balaban J connectivity index is 1.45. The second-order valence-corrected chi connectivity index (χ2v) is 8.06. The highest BCUT2D eigenvalue weighted by molar-refractivity contribution is 6.36. The van der Waals surface area contributed by atoms with Gasteiger partial charge in [0.1, 0.15) is 29.7 Å². The first-order valence-corrected chi connectivity index (χ1v) is 10.6. The molecule has 2 atom stereocenters. The Kier molecular flexibility index (Phi) is 6.44. The maximum Gasteiger partial charge on any atom is 0.410 e. The zero-order valence-corrected chi connectivity index (χ0v) is 17.4. The Morgan fingerprint density at radius 1 is 1.39 bits per heavy atom. The molecule has 0 unspecified atom stereocenters. The van der Waals surface area contributed by atoms with Crippen LogP contribution in [0.5, 0.6) is 0 Å². The number of nitrogens with zero attached hydrogens (tertiary/aromatic N) is 2. The van der Waals surface area contributed by atoms with Crippen molar-refractivity contribution in [2.75, 3.05) is 44.7 Å². The lowest BCUT2D eigenvalue weighted by atomic mass is 10.0. The fourth-order valence-electron chi connectivity index (χ4n) is 3.94. The third-order valence-electron chi connectivity index (χ3n) is 5.59. The number of furan rings is 1. The lowest BCUT2D eigenvalue weighted by Gasteiger charge is -2.32.